The molecule has 2 rings (SSSR count). The first-order chi connectivity index (χ1) is 12.0. The van der Waals surface area contributed by atoms with Crippen LogP contribution in [0.25, 0.3) is 0 Å². The summed E-state index contributed by atoms with van der Waals surface area (Å²) in [5.74, 6) is -3.94. The molecule has 0 fully saturated rings. The largest absolute Gasteiger partial charge is 0.496 e. The molecule has 0 spiro atoms. The van der Waals surface area contributed by atoms with Crippen LogP contribution >= 0.6 is 0 Å². The lowest BCUT2D eigenvalue weighted by Crippen LogP contribution is -2.29. The highest BCUT2D eigenvalue weighted by atomic mass is 19.2. The molecule has 0 aromatic heterocycles. The summed E-state index contributed by atoms with van der Waals surface area (Å²) < 4.78 is 55.1. The summed E-state index contributed by atoms with van der Waals surface area (Å²) in [5.41, 5.74) is -0.582. The van der Waals surface area contributed by atoms with Crippen molar-refractivity contribution >= 4 is 5.91 Å². The summed E-state index contributed by atoms with van der Waals surface area (Å²) in [7, 11) is 2.99. The number of nitrogens with one attached hydrogen (secondary N) is 1. The molecule has 0 aliphatic carbocycles. The Morgan fingerprint density at radius 3 is 2.16 bits per heavy atom. The molecule has 1 amide bonds. The van der Waals surface area contributed by atoms with E-state index in [2.05, 4.69) is 5.32 Å². The number of carbonyl (C=O) groups is 1. The third-order valence-electron chi connectivity index (χ3n) is 3.26. The van der Waals surface area contributed by atoms with Gasteiger partial charge in [0.1, 0.15) is 23.9 Å². The van der Waals surface area contributed by atoms with Gasteiger partial charge in [-0.1, -0.05) is 0 Å². The summed E-state index contributed by atoms with van der Waals surface area (Å²) in [6.45, 7) is 0.0875. The number of ether oxygens (including phenoxy) is 3. The lowest BCUT2D eigenvalue weighted by Gasteiger charge is -2.11. The predicted octanol–water partition coefficient (Wildman–Crippen LogP) is 2.93. The highest BCUT2D eigenvalue weighted by molar-refractivity contribution is 5.94. The van der Waals surface area contributed by atoms with Gasteiger partial charge in [-0.3, -0.25) is 4.79 Å². The normalized spacial score (nSPS) is 10.3. The van der Waals surface area contributed by atoms with Gasteiger partial charge in [0.2, 0.25) is 0 Å². The van der Waals surface area contributed by atoms with E-state index in [9.17, 15) is 18.0 Å². The highest BCUT2D eigenvalue weighted by Crippen LogP contribution is 2.27. The Morgan fingerprint density at radius 2 is 1.56 bits per heavy atom. The van der Waals surface area contributed by atoms with E-state index in [4.69, 9.17) is 14.2 Å². The van der Waals surface area contributed by atoms with Gasteiger partial charge in [0.05, 0.1) is 26.3 Å². The van der Waals surface area contributed by atoms with Crippen LogP contribution in [-0.4, -0.2) is 33.3 Å². The Labute approximate surface area is 142 Å². The first-order valence-corrected chi connectivity index (χ1v) is 7.23. The minimum atomic E-state index is -1.69. The van der Waals surface area contributed by atoms with E-state index in [1.54, 1.807) is 18.2 Å². The van der Waals surface area contributed by atoms with E-state index in [1.165, 1.54) is 14.2 Å². The fraction of sp³-hybridized carbons (Fsp3) is 0.235. The van der Waals surface area contributed by atoms with Crippen LogP contribution in [0.2, 0.25) is 0 Å². The average molecular weight is 355 g/mol. The molecular weight excluding hydrogens is 339 g/mol. The van der Waals surface area contributed by atoms with Gasteiger partial charge in [0, 0.05) is 18.2 Å². The second-order valence-corrected chi connectivity index (χ2v) is 4.88. The van der Waals surface area contributed by atoms with Gasteiger partial charge in [-0.15, -0.1) is 0 Å². The molecule has 25 heavy (non-hydrogen) atoms. The molecule has 1 N–H and O–H groups in total. The van der Waals surface area contributed by atoms with Crippen molar-refractivity contribution in [2.75, 3.05) is 27.4 Å². The van der Waals surface area contributed by atoms with Gasteiger partial charge < -0.3 is 19.5 Å². The van der Waals surface area contributed by atoms with Crippen LogP contribution in [0.1, 0.15) is 10.4 Å². The molecule has 0 heterocycles. The molecule has 134 valence electrons. The second-order valence-electron chi connectivity index (χ2n) is 4.88. The Morgan fingerprint density at radius 1 is 0.960 bits per heavy atom. The Bertz CT molecular complexity index is 746. The number of carbonyl (C=O) groups excluding carboxylic acids is 1. The zero-order valence-corrected chi connectivity index (χ0v) is 13.6. The number of amides is 1. The maximum Gasteiger partial charge on any atom is 0.254 e. The molecule has 5 nitrogen and oxygen atoms in total. The molecule has 0 unspecified atom stereocenters. The molecule has 0 aliphatic heterocycles. The molecule has 2 aromatic rings. The number of benzene rings is 2. The summed E-state index contributed by atoms with van der Waals surface area (Å²) in [6.07, 6.45) is 0. The van der Waals surface area contributed by atoms with Crippen LogP contribution < -0.4 is 19.5 Å². The average Bonchev–Trinajstić information content (AvgIpc) is 2.62. The SMILES string of the molecule is COc1cc(OC)cc(OCCNC(=O)c2ccc(F)c(F)c2F)c1. The minimum absolute atomic E-state index is 0.0246. The smallest absolute Gasteiger partial charge is 0.254 e. The van der Waals surface area contributed by atoms with Crippen LogP contribution in [0, 0.1) is 17.5 Å². The first-order valence-electron chi connectivity index (χ1n) is 7.23. The van der Waals surface area contributed by atoms with Crippen LogP contribution in [0.15, 0.2) is 30.3 Å². The van der Waals surface area contributed by atoms with Gasteiger partial charge >= 0.3 is 0 Å². The summed E-state index contributed by atoms with van der Waals surface area (Å²) in [5, 5.41) is 2.36. The fourth-order valence-corrected chi connectivity index (χ4v) is 1.99. The van der Waals surface area contributed by atoms with Crippen LogP contribution in [0.3, 0.4) is 0 Å². The third-order valence-corrected chi connectivity index (χ3v) is 3.26. The van der Waals surface area contributed by atoms with E-state index in [1.807, 2.05) is 0 Å². The molecule has 2 aromatic carbocycles. The number of hydrogen-bond acceptors (Lipinski definition) is 4. The van der Waals surface area contributed by atoms with E-state index in [0.717, 1.165) is 6.07 Å². The van der Waals surface area contributed by atoms with Crippen LogP contribution in [0.4, 0.5) is 13.2 Å². The van der Waals surface area contributed by atoms with E-state index < -0.39 is 28.9 Å². The number of methoxy groups -OCH3 is 2. The molecule has 0 saturated carbocycles. The molecule has 0 atom stereocenters. The lowest BCUT2D eigenvalue weighted by atomic mass is 10.2. The molecule has 8 heteroatoms. The summed E-state index contributed by atoms with van der Waals surface area (Å²) in [6, 6.07) is 6.47. The first kappa shape index (κ1) is 18.4. The highest BCUT2D eigenvalue weighted by Gasteiger charge is 2.18. The van der Waals surface area contributed by atoms with Gasteiger partial charge in [-0.25, -0.2) is 13.2 Å². The quantitative estimate of drug-likeness (QED) is 0.613. The summed E-state index contributed by atoms with van der Waals surface area (Å²) in [4.78, 5) is 11.8. The van der Waals surface area contributed by atoms with Crippen LogP contribution in [-0.2, 0) is 0 Å². The van der Waals surface area contributed by atoms with Gasteiger partial charge in [-0.05, 0) is 12.1 Å². The topological polar surface area (TPSA) is 56.8 Å². The Balaban J connectivity index is 1.91. The molecule has 0 aliphatic rings. The van der Waals surface area contributed by atoms with Crippen molar-refractivity contribution in [3.8, 4) is 17.2 Å². The van der Waals surface area contributed by atoms with Crippen molar-refractivity contribution in [1.82, 2.24) is 5.32 Å². The predicted molar refractivity (Wildman–Crippen MR) is 83.7 cm³/mol. The van der Waals surface area contributed by atoms with Crippen molar-refractivity contribution < 1.29 is 32.2 Å². The van der Waals surface area contributed by atoms with Crippen molar-refractivity contribution in [2.45, 2.75) is 0 Å². The minimum Gasteiger partial charge on any atom is -0.496 e. The van der Waals surface area contributed by atoms with Crippen molar-refractivity contribution in [2.24, 2.45) is 0 Å². The number of hydrogen-bond donors (Lipinski definition) is 1. The Kier molecular flexibility index (Phi) is 6.10. The molecule has 0 radical (unpaired) electrons. The monoisotopic (exact) mass is 355 g/mol. The number of halogens is 3. The van der Waals surface area contributed by atoms with E-state index >= 15 is 0 Å². The zero-order chi connectivity index (χ0) is 18.4. The zero-order valence-electron chi connectivity index (χ0n) is 13.6. The molecule has 0 bridgehead atoms. The van der Waals surface area contributed by atoms with E-state index in [0.29, 0.717) is 23.3 Å². The van der Waals surface area contributed by atoms with Crippen LogP contribution in [0.5, 0.6) is 17.2 Å². The lowest BCUT2D eigenvalue weighted by molar-refractivity contribution is 0.0941. The van der Waals surface area contributed by atoms with Crippen molar-refractivity contribution in [1.29, 1.82) is 0 Å². The van der Waals surface area contributed by atoms with E-state index in [-0.39, 0.29) is 13.2 Å². The number of rotatable bonds is 7. The standard InChI is InChI=1S/C17H16F3NO4/c1-23-10-7-11(24-2)9-12(8-10)25-6-5-21-17(22)13-3-4-14(18)16(20)15(13)19/h3-4,7-9H,5-6H2,1-2H3,(H,21,22). The Hall–Kier alpha value is -2.90. The van der Waals surface area contributed by atoms with Gasteiger partial charge in [-0.2, -0.15) is 0 Å². The fourth-order valence-electron chi connectivity index (χ4n) is 1.99. The molecular formula is C17H16F3NO4. The van der Waals surface area contributed by atoms with Crippen molar-refractivity contribution in [3.05, 3.63) is 53.3 Å². The van der Waals surface area contributed by atoms with Gasteiger partial charge in [0.25, 0.3) is 5.91 Å². The second kappa shape index (κ2) is 8.27. The maximum absolute atomic E-state index is 13.5. The summed E-state index contributed by atoms with van der Waals surface area (Å²) >= 11 is 0. The molecule has 0 saturated heterocycles. The van der Waals surface area contributed by atoms with Crippen molar-refractivity contribution in [3.63, 3.8) is 0 Å². The van der Waals surface area contributed by atoms with Gasteiger partial charge in [0.15, 0.2) is 17.5 Å². The third kappa shape index (κ3) is 4.56. The maximum atomic E-state index is 13.5.